The number of anilines is 1. The summed E-state index contributed by atoms with van der Waals surface area (Å²) in [4.78, 5) is 14.3. The number of amides is 1. The Morgan fingerprint density at radius 2 is 1.91 bits per heavy atom. The van der Waals surface area contributed by atoms with Crippen molar-refractivity contribution in [3.8, 4) is 0 Å². The van der Waals surface area contributed by atoms with Crippen molar-refractivity contribution in [1.82, 2.24) is 9.78 Å². The minimum absolute atomic E-state index is 0.0815. The first kappa shape index (κ1) is 14.0. The normalized spacial score (nSPS) is 11.2. The summed E-state index contributed by atoms with van der Waals surface area (Å²) in [5.74, 6) is -0.0815. The van der Waals surface area contributed by atoms with Gasteiger partial charge in [-0.15, -0.1) is 11.3 Å². The van der Waals surface area contributed by atoms with Crippen LogP contribution in [0.5, 0.6) is 0 Å². The van der Waals surface area contributed by atoms with Crippen LogP contribution in [-0.2, 0) is 7.05 Å². The Kier molecular flexibility index (Phi) is 3.16. The van der Waals surface area contributed by atoms with E-state index in [0.29, 0.717) is 4.88 Å². The molecule has 0 saturated carbocycles. The van der Waals surface area contributed by atoms with Gasteiger partial charge in [-0.25, -0.2) is 0 Å². The zero-order valence-electron chi connectivity index (χ0n) is 12.8. The summed E-state index contributed by atoms with van der Waals surface area (Å²) in [6, 6.07) is 15.9. The Bertz CT molecular complexity index is 1010. The largest absolute Gasteiger partial charge is 0.321 e. The average Bonchev–Trinajstić information content (AvgIpc) is 3.10. The van der Waals surface area contributed by atoms with E-state index in [2.05, 4.69) is 10.4 Å². The molecule has 0 aliphatic heterocycles. The van der Waals surface area contributed by atoms with Crippen molar-refractivity contribution < 1.29 is 4.79 Å². The van der Waals surface area contributed by atoms with E-state index in [-0.39, 0.29) is 5.91 Å². The lowest BCUT2D eigenvalue weighted by atomic mass is 10.1. The molecule has 0 saturated heterocycles. The smallest absolute Gasteiger partial charge is 0.265 e. The first-order valence-electron chi connectivity index (χ1n) is 7.36. The molecule has 4 aromatic rings. The van der Waals surface area contributed by atoms with Gasteiger partial charge in [0.15, 0.2) is 0 Å². The number of thiophene rings is 1. The number of nitrogens with one attached hydrogen (secondary N) is 1. The summed E-state index contributed by atoms with van der Waals surface area (Å²) in [6.45, 7) is 1.96. The van der Waals surface area contributed by atoms with Crippen molar-refractivity contribution in [2.75, 3.05) is 5.32 Å². The number of rotatable bonds is 2. The number of aryl methyl sites for hydroxylation is 2. The fraction of sp³-hybridized carbons (Fsp3) is 0.111. The van der Waals surface area contributed by atoms with Crippen LogP contribution >= 0.6 is 11.3 Å². The molecule has 0 aliphatic rings. The number of hydrogen-bond acceptors (Lipinski definition) is 3. The maximum Gasteiger partial charge on any atom is 0.265 e. The highest BCUT2D eigenvalue weighted by Crippen LogP contribution is 2.29. The van der Waals surface area contributed by atoms with E-state index in [4.69, 9.17) is 0 Å². The second kappa shape index (κ2) is 5.21. The number of carbonyl (C=O) groups is 1. The highest BCUT2D eigenvalue weighted by molar-refractivity contribution is 7.20. The SMILES string of the molecule is Cc1nn(C)c2sc(C(=O)Nc3cccc4ccccc34)cc12. The van der Waals surface area contributed by atoms with Gasteiger partial charge in [0.05, 0.1) is 10.6 Å². The van der Waals surface area contributed by atoms with E-state index in [1.807, 2.05) is 67.2 Å². The molecule has 114 valence electrons. The van der Waals surface area contributed by atoms with Gasteiger partial charge in [0.2, 0.25) is 0 Å². The molecule has 0 spiro atoms. The molecule has 2 aromatic carbocycles. The Balaban J connectivity index is 1.72. The van der Waals surface area contributed by atoms with Crippen LogP contribution in [0.2, 0.25) is 0 Å². The fourth-order valence-corrected chi connectivity index (χ4v) is 3.85. The predicted molar refractivity (Wildman–Crippen MR) is 95.2 cm³/mol. The van der Waals surface area contributed by atoms with Gasteiger partial charge >= 0.3 is 0 Å². The number of fused-ring (bicyclic) bond motifs is 2. The standard InChI is InChI=1S/C18H15N3OS/c1-11-14-10-16(23-18(14)21(2)20-11)17(22)19-15-9-5-7-12-6-3-4-8-13(12)15/h3-10H,1-2H3,(H,19,22). The molecular formula is C18H15N3OS. The quantitative estimate of drug-likeness (QED) is 0.596. The molecule has 1 N–H and O–H groups in total. The van der Waals surface area contributed by atoms with Crippen LogP contribution in [0.25, 0.3) is 21.0 Å². The monoisotopic (exact) mass is 321 g/mol. The summed E-state index contributed by atoms with van der Waals surface area (Å²) in [6.07, 6.45) is 0. The predicted octanol–water partition coefficient (Wildman–Crippen LogP) is 4.35. The van der Waals surface area contributed by atoms with Crippen LogP contribution in [0.4, 0.5) is 5.69 Å². The Hall–Kier alpha value is -2.66. The van der Waals surface area contributed by atoms with Crippen molar-refractivity contribution in [2.45, 2.75) is 6.92 Å². The van der Waals surface area contributed by atoms with E-state index in [1.165, 1.54) is 11.3 Å². The summed E-state index contributed by atoms with van der Waals surface area (Å²) in [5, 5.41) is 10.6. The Morgan fingerprint density at radius 1 is 1.13 bits per heavy atom. The van der Waals surface area contributed by atoms with Crippen molar-refractivity contribution >= 4 is 43.9 Å². The molecule has 0 aliphatic carbocycles. The number of hydrogen-bond donors (Lipinski definition) is 1. The second-order valence-corrected chi connectivity index (χ2v) is 6.55. The lowest BCUT2D eigenvalue weighted by Gasteiger charge is -2.07. The molecule has 5 heteroatoms. The van der Waals surface area contributed by atoms with E-state index < -0.39 is 0 Å². The van der Waals surface area contributed by atoms with Crippen molar-refractivity contribution in [3.63, 3.8) is 0 Å². The lowest BCUT2D eigenvalue weighted by molar-refractivity contribution is 0.103. The Labute approximate surface area is 137 Å². The zero-order chi connectivity index (χ0) is 16.0. The summed E-state index contributed by atoms with van der Waals surface area (Å²) in [5.41, 5.74) is 1.78. The topological polar surface area (TPSA) is 46.9 Å². The van der Waals surface area contributed by atoms with Gasteiger partial charge in [-0.2, -0.15) is 5.10 Å². The van der Waals surface area contributed by atoms with Gasteiger partial charge in [-0.1, -0.05) is 36.4 Å². The third-order valence-electron chi connectivity index (χ3n) is 3.96. The van der Waals surface area contributed by atoms with Crippen LogP contribution in [0.15, 0.2) is 48.5 Å². The number of nitrogens with zero attached hydrogens (tertiary/aromatic N) is 2. The molecule has 4 nitrogen and oxygen atoms in total. The zero-order valence-corrected chi connectivity index (χ0v) is 13.6. The molecular weight excluding hydrogens is 306 g/mol. The molecule has 0 radical (unpaired) electrons. The summed E-state index contributed by atoms with van der Waals surface area (Å²) < 4.78 is 1.82. The third kappa shape index (κ3) is 2.29. The summed E-state index contributed by atoms with van der Waals surface area (Å²) in [7, 11) is 1.90. The van der Waals surface area contributed by atoms with Crippen LogP contribution < -0.4 is 5.32 Å². The molecule has 2 heterocycles. The van der Waals surface area contributed by atoms with Gasteiger partial charge < -0.3 is 5.32 Å². The maximum atomic E-state index is 12.6. The third-order valence-corrected chi connectivity index (χ3v) is 5.16. The van der Waals surface area contributed by atoms with Crippen molar-refractivity contribution in [1.29, 1.82) is 0 Å². The fourth-order valence-electron chi connectivity index (χ4n) is 2.84. The molecule has 0 bridgehead atoms. The van der Waals surface area contributed by atoms with Crippen LogP contribution in [0.1, 0.15) is 15.4 Å². The van der Waals surface area contributed by atoms with E-state index >= 15 is 0 Å². The van der Waals surface area contributed by atoms with E-state index in [9.17, 15) is 4.79 Å². The molecule has 0 atom stereocenters. The van der Waals surface area contributed by atoms with Gasteiger partial charge in [0.1, 0.15) is 4.83 Å². The van der Waals surface area contributed by atoms with Crippen LogP contribution in [-0.4, -0.2) is 15.7 Å². The lowest BCUT2D eigenvalue weighted by Crippen LogP contribution is -2.10. The highest BCUT2D eigenvalue weighted by atomic mass is 32.1. The number of benzene rings is 2. The minimum Gasteiger partial charge on any atom is -0.321 e. The molecule has 2 aromatic heterocycles. The Morgan fingerprint density at radius 3 is 2.74 bits per heavy atom. The molecule has 0 fully saturated rings. The van der Waals surface area contributed by atoms with E-state index in [0.717, 1.165) is 32.4 Å². The average molecular weight is 321 g/mol. The second-order valence-electron chi connectivity index (χ2n) is 5.52. The van der Waals surface area contributed by atoms with Gasteiger partial charge in [0, 0.05) is 23.5 Å². The van der Waals surface area contributed by atoms with E-state index in [1.54, 1.807) is 0 Å². The first-order chi connectivity index (χ1) is 11.1. The van der Waals surface area contributed by atoms with Gasteiger partial charge in [-0.3, -0.25) is 9.48 Å². The molecule has 1 amide bonds. The highest BCUT2D eigenvalue weighted by Gasteiger charge is 2.15. The maximum absolute atomic E-state index is 12.6. The number of carbonyl (C=O) groups excluding carboxylic acids is 1. The van der Waals surface area contributed by atoms with Crippen LogP contribution in [0, 0.1) is 6.92 Å². The van der Waals surface area contributed by atoms with Crippen LogP contribution in [0.3, 0.4) is 0 Å². The van der Waals surface area contributed by atoms with Crippen molar-refractivity contribution in [3.05, 3.63) is 59.1 Å². The molecule has 23 heavy (non-hydrogen) atoms. The van der Waals surface area contributed by atoms with Gasteiger partial charge in [0.25, 0.3) is 5.91 Å². The minimum atomic E-state index is -0.0815. The van der Waals surface area contributed by atoms with Gasteiger partial charge in [-0.05, 0) is 24.4 Å². The molecule has 0 unspecified atom stereocenters. The first-order valence-corrected chi connectivity index (χ1v) is 8.17. The number of aromatic nitrogens is 2. The summed E-state index contributed by atoms with van der Waals surface area (Å²) >= 11 is 1.47. The van der Waals surface area contributed by atoms with Crippen molar-refractivity contribution in [2.24, 2.45) is 7.05 Å². The molecule has 4 rings (SSSR count).